The van der Waals surface area contributed by atoms with Crippen molar-refractivity contribution in [3.8, 4) is 0 Å². The number of quaternary nitrogens is 1. The van der Waals surface area contributed by atoms with E-state index >= 15 is 0 Å². The Hall–Kier alpha value is -1.16. The summed E-state index contributed by atoms with van der Waals surface area (Å²) < 4.78 is 73.3. The molecule has 2 N–H and O–H groups in total. The minimum Gasteiger partial charge on any atom is -0.370 e. The van der Waals surface area contributed by atoms with Crippen LogP contribution in [0, 0.1) is 17.5 Å². The molecule has 0 amide bonds. The number of ether oxygens (including phenoxy) is 1. The van der Waals surface area contributed by atoms with Crippen LogP contribution in [0.3, 0.4) is 0 Å². The predicted molar refractivity (Wildman–Crippen MR) is 88.8 cm³/mol. The molecule has 26 heavy (non-hydrogen) atoms. The first-order valence-corrected chi connectivity index (χ1v) is 10.4. The maximum atomic E-state index is 13.9. The van der Waals surface area contributed by atoms with Gasteiger partial charge in [-0.3, -0.25) is 0 Å². The average Bonchev–Trinajstić information content (AvgIpc) is 2.66. The van der Waals surface area contributed by atoms with Crippen molar-refractivity contribution in [3.63, 3.8) is 0 Å². The van der Waals surface area contributed by atoms with E-state index in [0.717, 1.165) is 51.3 Å². The summed E-state index contributed by atoms with van der Waals surface area (Å²) in [4.78, 5) is 0.427. The van der Waals surface area contributed by atoms with Gasteiger partial charge in [-0.05, 0) is 25.0 Å². The quantitative estimate of drug-likeness (QED) is 0.734. The first kappa shape index (κ1) is 19.6. The Bertz CT molecular complexity index is 746. The van der Waals surface area contributed by atoms with Crippen molar-refractivity contribution in [1.82, 2.24) is 4.72 Å². The molecule has 2 fully saturated rings. The van der Waals surface area contributed by atoms with Crippen molar-refractivity contribution in [2.45, 2.75) is 42.5 Å². The predicted octanol–water partition coefficient (Wildman–Crippen LogP) is 1.00. The number of sulfonamides is 1. The molecule has 5 nitrogen and oxygen atoms in total. The van der Waals surface area contributed by atoms with Gasteiger partial charge in [-0.2, -0.15) is 0 Å². The van der Waals surface area contributed by atoms with Crippen LogP contribution in [-0.2, 0) is 14.8 Å². The molecule has 0 bridgehead atoms. The van der Waals surface area contributed by atoms with Crippen molar-refractivity contribution >= 4 is 10.0 Å². The Kier molecular flexibility index (Phi) is 5.91. The molecule has 1 heterocycles. The SMILES string of the molecule is O=S(=O)(NCC1([NH+]2CCOCC2)CCCCC1)c1ccc(F)c(F)c1F. The molecule has 1 aromatic rings. The monoisotopic (exact) mass is 393 g/mol. The van der Waals surface area contributed by atoms with Crippen molar-refractivity contribution < 1.29 is 31.2 Å². The second kappa shape index (κ2) is 7.84. The molecule has 2 aliphatic rings. The topological polar surface area (TPSA) is 59.8 Å². The first-order chi connectivity index (χ1) is 12.4. The lowest BCUT2D eigenvalue weighted by Gasteiger charge is -2.44. The molecule has 0 radical (unpaired) electrons. The third-order valence-corrected chi connectivity index (χ3v) is 6.97. The summed E-state index contributed by atoms with van der Waals surface area (Å²) in [5.74, 6) is -4.88. The Morgan fingerprint density at radius 1 is 1.04 bits per heavy atom. The minimum absolute atomic E-state index is 0.142. The number of halogens is 3. The van der Waals surface area contributed by atoms with E-state index in [1.165, 1.54) is 4.90 Å². The zero-order valence-electron chi connectivity index (χ0n) is 14.5. The van der Waals surface area contributed by atoms with Gasteiger partial charge in [0, 0.05) is 12.8 Å². The molecule has 1 aliphatic heterocycles. The normalized spacial score (nSPS) is 21.7. The van der Waals surface area contributed by atoms with Crippen LogP contribution in [0.25, 0.3) is 0 Å². The number of hydrogen-bond acceptors (Lipinski definition) is 3. The molecule has 1 saturated heterocycles. The number of morpholine rings is 1. The van der Waals surface area contributed by atoms with Crippen LogP contribution in [0.4, 0.5) is 13.2 Å². The fourth-order valence-corrected chi connectivity index (χ4v) is 5.25. The number of nitrogens with one attached hydrogen (secondary N) is 2. The Morgan fingerprint density at radius 2 is 1.69 bits per heavy atom. The van der Waals surface area contributed by atoms with E-state index in [2.05, 4.69) is 4.72 Å². The standard InChI is InChI=1S/C17H23F3N2O3S/c18-13-4-5-14(16(20)15(13)19)26(23,24)21-12-17(6-2-1-3-7-17)22-8-10-25-11-9-22/h4-5,21H,1-3,6-12H2/p+1. The fourth-order valence-electron chi connectivity index (χ4n) is 4.06. The molecule has 1 aromatic carbocycles. The van der Waals surface area contributed by atoms with Crippen LogP contribution in [-0.4, -0.2) is 46.8 Å². The van der Waals surface area contributed by atoms with Crippen molar-refractivity contribution in [3.05, 3.63) is 29.6 Å². The van der Waals surface area contributed by atoms with Crippen LogP contribution < -0.4 is 9.62 Å². The summed E-state index contributed by atoms with van der Waals surface area (Å²) in [5.41, 5.74) is -0.274. The molecular formula is C17H24F3N2O3S+. The van der Waals surface area contributed by atoms with Crippen molar-refractivity contribution in [1.29, 1.82) is 0 Å². The van der Waals surface area contributed by atoms with Gasteiger partial charge in [0.25, 0.3) is 0 Å². The summed E-state index contributed by atoms with van der Waals surface area (Å²) in [5, 5.41) is 0. The number of benzene rings is 1. The average molecular weight is 393 g/mol. The lowest BCUT2D eigenvalue weighted by Crippen LogP contribution is -3.23. The van der Waals surface area contributed by atoms with Gasteiger partial charge >= 0.3 is 0 Å². The van der Waals surface area contributed by atoms with Gasteiger partial charge in [-0.15, -0.1) is 0 Å². The highest BCUT2D eigenvalue weighted by atomic mass is 32.2. The second-order valence-corrected chi connectivity index (χ2v) is 8.79. The molecule has 1 aliphatic carbocycles. The van der Waals surface area contributed by atoms with Crippen molar-refractivity contribution in [2.24, 2.45) is 0 Å². The van der Waals surface area contributed by atoms with Gasteiger partial charge < -0.3 is 9.64 Å². The minimum atomic E-state index is -4.28. The van der Waals surface area contributed by atoms with Crippen molar-refractivity contribution in [2.75, 3.05) is 32.8 Å². The lowest BCUT2D eigenvalue weighted by atomic mass is 9.80. The highest BCUT2D eigenvalue weighted by molar-refractivity contribution is 7.89. The Morgan fingerprint density at radius 3 is 2.35 bits per heavy atom. The highest BCUT2D eigenvalue weighted by Gasteiger charge is 2.43. The van der Waals surface area contributed by atoms with Gasteiger partial charge in [0.1, 0.15) is 23.5 Å². The van der Waals surface area contributed by atoms with E-state index in [1.54, 1.807) is 0 Å². The molecule has 1 saturated carbocycles. The molecule has 0 spiro atoms. The summed E-state index contributed by atoms with van der Waals surface area (Å²) in [7, 11) is -4.28. The summed E-state index contributed by atoms with van der Waals surface area (Å²) >= 11 is 0. The smallest absolute Gasteiger partial charge is 0.243 e. The molecule has 3 rings (SSSR count). The summed E-state index contributed by atoms with van der Waals surface area (Å²) in [6.07, 6.45) is 4.85. The largest absolute Gasteiger partial charge is 0.370 e. The van der Waals surface area contributed by atoms with Gasteiger partial charge in [0.15, 0.2) is 17.5 Å². The molecular weight excluding hydrogens is 369 g/mol. The lowest BCUT2D eigenvalue weighted by molar-refractivity contribution is -0.960. The third kappa shape index (κ3) is 3.90. The van der Waals surface area contributed by atoms with E-state index in [9.17, 15) is 21.6 Å². The maximum Gasteiger partial charge on any atom is 0.243 e. The molecule has 0 aromatic heterocycles. The fraction of sp³-hybridized carbons (Fsp3) is 0.647. The van der Waals surface area contributed by atoms with E-state index in [0.29, 0.717) is 19.3 Å². The van der Waals surface area contributed by atoms with Crippen LogP contribution in [0.1, 0.15) is 32.1 Å². The molecule has 0 atom stereocenters. The highest BCUT2D eigenvalue weighted by Crippen LogP contribution is 2.26. The Labute approximate surface area is 151 Å². The second-order valence-electron chi connectivity index (χ2n) is 7.05. The number of hydrogen-bond donors (Lipinski definition) is 2. The molecule has 146 valence electrons. The van der Waals surface area contributed by atoms with Crippen LogP contribution in [0.5, 0.6) is 0 Å². The van der Waals surface area contributed by atoms with E-state index < -0.39 is 32.4 Å². The van der Waals surface area contributed by atoms with E-state index in [4.69, 9.17) is 4.74 Å². The summed E-state index contributed by atoms with van der Waals surface area (Å²) in [6, 6.07) is 1.38. The van der Waals surface area contributed by atoms with Gasteiger partial charge in [-0.25, -0.2) is 26.3 Å². The molecule has 0 unspecified atom stereocenters. The first-order valence-electron chi connectivity index (χ1n) is 8.92. The third-order valence-electron chi connectivity index (χ3n) is 5.55. The van der Waals surface area contributed by atoms with Crippen LogP contribution in [0.15, 0.2) is 17.0 Å². The van der Waals surface area contributed by atoms with Gasteiger partial charge in [0.2, 0.25) is 10.0 Å². The summed E-state index contributed by atoms with van der Waals surface area (Å²) in [6.45, 7) is 2.98. The molecule has 9 heteroatoms. The van der Waals surface area contributed by atoms with Gasteiger partial charge in [0.05, 0.1) is 19.8 Å². The van der Waals surface area contributed by atoms with Crippen LogP contribution in [0.2, 0.25) is 0 Å². The zero-order valence-corrected chi connectivity index (χ0v) is 15.3. The zero-order chi connectivity index (χ0) is 18.8. The van der Waals surface area contributed by atoms with E-state index in [-0.39, 0.29) is 12.1 Å². The van der Waals surface area contributed by atoms with Gasteiger partial charge in [-0.1, -0.05) is 6.42 Å². The maximum absolute atomic E-state index is 13.9. The van der Waals surface area contributed by atoms with Crippen LogP contribution >= 0.6 is 0 Å². The Balaban J connectivity index is 1.81. The number of rotatable bonds is 5. The van der Waals surface area contributed by atoms with E-state index in [1.807, 2.05) is 0 Å².